The number of fused-ring (bicyclic) bond motifs is 1. The molecule has 5 heteroatoms. The Morgan fingerprint density at radius 1 is 1.29 bits per heavy atom. The lowest BCUT2D eigenvalue weighted by Gasteiger charge is -2.34. The molecule has 2 N–H and O–H groups in total. The van der Waals surface area contributed by atoms with E-state index < -0.39 is 0 Å². The van der Waals surface area contributed by atoms with Crippen LogP contribution in [0.15, 0.2) is 0 Å². The number of nitrogens with two attached hydrogens (primary N) is 1. The predicted molar refractivity (Wildman–Crippen MR) is 90.2 cm³/mol. The lowest BCUT2D eigenvalue weighted by atomic mass is 9.94. The summed E-state index contributed by atoms with van der Waals surface area (Å²) in [6.45, 7) is 9.33. The van der Waals surface area contributed by atoms with Gasteiger partial charge in [0.1, 0.15) is 16.5 Å². The Hall–Kier alpha value is -1.20. The molecule has 0 saturated carbocycles. The van der Waals surface area contributed by atoms with Crippen molar-refractivity contribution >= 4 is 27.4 Å². The van der Waals surface area contributed by atoms with Gasteiger partial charge in [-0.1, -0.05) is 0 Å². The Labute approximate surface area is 130 Å². The molecule has 1 fully saturated rings. The van der Waals surface area contributed by atoms with Gasteiger partial charge in [0, 0.05) is 18.0 Å². The average Bonchev–Trinajstić information content (AvgIpc) is 2.74. The van der Waals surface area contributed by atoms with Gasteiger partial charge >= 0.3 is 0 Å². The van der Waals surface area contributed by atoms with Gasteiger partial charge in [-0.05, 0) is 58.1 Å². The molecule has 1 unspecified atom stereocenters. The summed E-state index contributed by atoms with van der Waals surface area (Å²) in [4.78, 5) is 14.4. The lowest BCUT2D eigenvalue weighted by Crippen LogP contribution is -2.37. The number of aryl methyl sites for hydroxylation is 3. The van der Waals surface area contributed by atoms with E-state index in [1.807, 2.05) is 6.92 Å². The van der Waals surface area contributed by atoms with Gasteiger partial charge in [-0.2, -0.15) is 0 Å². The Balaban J connectivity index is 2.02. The van der Waals surface area contributed by atoms with Crippen LogP contribution in [0, 0.1) is 26.7 Å². The third-order valence-electron chi connectivity index (χ3n) is 4.51. The molecular formula is C16H24N4S. The number of nitrogens with zero attached hydrogens (tertiary/aromatic N) is 3. The molecule has 21 heavy (non-hydrogen) atoms. The highest BCUT2D eigenvalue weighted by atomic mass is 32.1. The molecule has 3 rings (SSSR count). The molecule has 1 aliphatic rings. The molecule has 0 bridgehead atoms. The monoisotopic (exact) mass is 304 g/mol. The molecule has 0 aliphatic carbocycles. The summed E-state index contributed by atoms with van der Waals surface area (Å²) < 4.78 is 0. The van der Waals surface area contributed by atoms with Gasteiger partial charge in [0.25, 0.3) is 0 Å². The number of anilines is 1. The van der Waals surface area contributed by atoms with Crippen molar-refractivity contribution in [2.24, 2.45) is 11.7 Å². The second kappa shape index (κ2) is 5.89. The van der Waals surface area contributed by atoms with Crippen molar-refractivity contribution < 1.29 is 0 Å². The Kier molecular flexibility index (Phi) is 4.13. The van der Waals surface area contributed by atoms with Gasteiger partial charge in [-0.25, -0.2) is 9.97 Å². The van der Waals surface area contributed by atoms with Crippen molar-refractivity contribution in [2.45, 2.75) is 40.0 Å². The maximum absolute atomic E-state index is 5.74. The molecule has 4 nitrogen and oxygen atoms in total. The average molecular weight is 304 g/mol. The molecule has 2 aromatic heterocycles. The summed E-state index contributed by atoms with van der Waals surface area (Å²) in [6, 6.07) is 0. The van der Waals surface area contributed by atoms with E-state index in [4.69, 9.17) is 10.7 Å². The minimum absolute atomic E-state index is 0.703. The van der Waals surface area contributed by atoms with Crippen molar-refractivity contribution in [3.8, 4) is 0 Å². The highest BCUT2D eigenvalue weighted by Gasteiger charge is 2.24. The SMILES string of the molecule is Cc1nc(N2CCCC(CCN)C2)c2c(C)c(C)sc2n1. The van der Waals surface area contributed by atoms with Crippen molar-refractivity contribution in [2.75, 3.05) is 24.5 Å². The third kappa shape index (κ3) is 2.77. The van der Waals surface area contributed by atoms with E-state index >= 15 is 0 Å². The first-order valence-electron chi connectivity index (χ1n) is 7.79. The first-order valence-corrected chi connectivity index (χ1v) is 8.61. The van der Waals surface area contributed by atoms with Gasteiger partial charge in [0.05, 0.1) is 5.39 Å². The van der Waals surface area contributed by atoms with Gasteiger partial charge in [0.15, 0.2) is 0 Å². The predicted octanol–water partition coefficient (Wildman–Crippen LogP) is 3.18. The van der Waals surface area contributed by atoms with E-state index in [-0.39, 0.29) is 0 Å². The molecule has 0 aromatic carbocycles. The number of hydrogen-bond donors (Lipinski definition) is 1. The van der Waals surface area contributed by atoms with Crippen molar-refractivity contribution in [1.29, 1.82) is 0 Å². The summed E-state index contributed by atoms with van der Waals surface area (Å²) in [6.07, 6.45) is 3.64. The smallest absolute Gasteiger partial charge is 0.141 e. The van der Waals surface area contributed by atoms with Crippen molar-refractivity contribution in [1.82, 2.24) is 9.97 Å². The summed E-state index contributed by atoms with van der Waals surface area (Å²) in [5, 5.41) is 1.26. The highest BCUT2D eigenvalue weighted by Crippen LogP contribution is 2.36. The van der Waals surface area contributed by atoms with E-state index in [0.29, 0.717) is 5.92 Å². The van der Waals surface area contributed by atoms with Crippen LogP contribution >= 0.6 is 11.3 Å². The normalized spacial score (nSPS) is 19.4. The fourth-order valence-corrected chi connectivity index (χ4v) is 4.36. The zero-order valence-electron chi connectivity index (χ0n) is 13.1. The molecule has 1 atom stereocenters. The number of aromatic nitrogens is 2. The van der Waals surface area contributed by atoms with E-state index in [9.17, 15) is 0 Å². The van der Waals surface area contributed by atoms with Crippen LogP contribution in [0.1, 0.15) is 35.5 Å². The number of piperidine rings is 1. The van der Waals surface area contributed by atoms with Gasteiger partial charge < -0.3 is 10.6 Å². The maximum Gasteiger partial charge on any atom is 0.141 e. The van der Waals surface area contributed by atoms with Crippen LogP contribution in [-0.4, -0.2) is 29.6 Å². The molecule has 1 saturated heterocycles. The fraction of sp³-hybridized carbons (Fsp3) is 0.625. The molecule has 3 heterocycles. The van der Waals surface area contributed by atoms with Crippen LogP contribution in [0.2, 0.25) is 0 Å². The van der Waals surface area contributed by atoms with Crippen LogP contribution in [0.3, 0.4) is 0 Å². The number of hydrogen-bond acceptors (Lipinski definition) is 5. The molecule has 0 radical (unpaired) electrons. The quantitative estimate of drug-likeness (QED) is 0.946. The van der Waals surface area contributed by atoms with E-state index in [1.54, 1.807) is 11.3 Å². The van der Waals surface area contributed by atoms with Crippen LogP contribution in [0.5, 0.6) is 0 Å². The largest absolute Gasteiger partial charge is 0.356 e. The molecule has 0 amide bonds. The maximum atomic E-state index is 5.74. The fourth-order valence-electron chi connectivity index (χ4n) is 3.29. The summed E-state index contributed by atoms with van der Waals surface area (Å²) in [5.74, 6) is 2.72. The molecule has 1 aliphatic heterocycles. The topological polar surface area (TPSA) is 55.0 Å². The third-order valence-corrected chi connectivity index (χ3v) is 5.62. The van der Waals surface area contributed by atoms with Crippen LogP contribution in [0.4, 0.5) is 5.82 Å². The molecule has 2 aromatic rings. The van der Waals surface area contributed by atoms with Crippen LogP contribution < -0.4 is 10.6 Å². The number of rotatable bonds is 3. The standard InChI is InChI=1S/C16H24N4S/c1-10-11(2)21-16-14(10)15(18-12(3)19-16)20-8-4-5-13(9-20)6-7-17/h13H,4-9,17H2,1-3H3. The first kappa shape index (κ1) is 14.7. The van der Waals surface area contributed by atoms with Gasteiger partial charge in [0.2, 0.25) is 0 Å². The zero-order chi connectivity index (χ0) is 15.0. The van der Waals surface area contributed by atoms with Crippen molar-refractivity contribution in [3.05, 3.63) is 16.3 Å². The van der Waals surface area contributed by atoms with E-state index in [1.165, 1.54) is 28.7 Å². The van der Waals surface area contributed by atoms with E-state index in [0.717, 1.165) is 42.5 Å². The Morgan fingerprint density at radius 2 is 2.10 bits per heavy atom. The number of thiophene rings is 1. The minimum atomic E-state index is 0.703. The van der Waals surface area contributed by atoms with Crippen LogP contribution in [0.25, 0.3) is 10.2 Å². The summed E-state index contributed by atoms with van der Waals surface area (Å²) in [7, 11) is 0. The second-order valence-corrected chi connectivity index (χ2v) is 7.29. The molecule has 114 valence electrons. The first-order chi connectivity index (χ1) is 10.1. The van der Waals surface area contributed by atoms with Gasteiger partial charge in [-0.15, -0.1) is 11.3 Å². The van der Waals surface area contributed by atoms with E-state index in [2.05, 4.69) is 23.7 Å². The highest BCUT2D eigenvalue weighted by molar-refractivity contribution is 7.18. The zero-order valence-corrected chi connectivity index (χ0v) is 14.0. The Bertz CT molecular complexity index is 647. The van der Waals surface area contributed by atoms with Crippen LogP contribution in [-0.2, 0) is 0 Å². The lowest BCUT2D eigenvalue weighted by molar-refractivity contribution is 0.395. The molecular weight excluding hydrogens is 280 g/mol. The van der Waals surface area contributed by atoms with Gasteiger partial charge in [-0.3, -0.25) is 0 Å². The Morgan fingerprint density at radius 3 is 2.86 bits per heavy atom. The minimum Gasteiger partial charge on any atom is -0.356 e. The molecule has 0 spiro atoms. The summed E-state index contributed by atoms with van der Waals surface area (Å²) in [5.41, 5.74) is 7.08. The summed E-state index contributed by atoms with van der Waals surface area (Å²) >= 11 is 1.78. The second-order valence-electron chi connectivity index (χ2n) is 6.09. The van der Waals surface area contributed by atoms with Crippen molar-refractivity contribution in [3.63, 3.8) is 0 Å².